The van der Waals surface area contributed by atoms with Gasteiger partial charge in [-0.25, -0.2) is 0 Å². The number of ketones is 2. The summed E-state index contributed by atoms with van der Waals surface area (Å²) in [5.41, 5.74) is 8.75. The van der Waals surface area contributed by atoms with Crippen LogP contribution in [0.3, 0.4) is 0 Å². The summed E-state index contributed by atoms with van der Waals surface area (Å²) in [6.45, 7) is 4.02. The number of carbonyl (C=O) groups excluding carboxylic acids is 2. The van der Waals surface area contributed by atoms with Gasteiger partial charge in [-0.1, -0.05) is 72.8 Å². The molecule has 238 valence electrons. The highest BCUT2D eigenvalue weighted by Crippen LogP contribution is 2.62. The standard InChI is InChI=1S/C40H30O6S2/c1-23-19-25(11-15-29(23)27-13-17-37-33(21-27)39(41)31-7-3-5-9-35(31)47(37,43)44)26-12-16-30(24(2)20-26)28-14-18-38-34(22-28)40(42)32-8-4-6-10-36(32)48(38,45)46/h3-22,43-46H,1-2H3. The summed E-state index contributed by atoms with van der Waals surface area (Å²) in [4.78, 5) is 27.8. The van der Waals surface area contributed by atoms with Crippen molar-refractivity contribution in [2.75, 3.05) is 0 Å². The molecular weight excluding hydrogens is 641 g/mol. The number of carbonyl (C=O) groups is 2. The van der Waals surface area contributed by atoms with Crippen LogP contribution in [-0.4, -0.2) is 29.8 Å². The minimum atomic E-state index is -3.30. The highest BCUT2D eigenvalue weighted by molar-refractivity contribution is 8.24. The fourth-order valence-corrected chi connectivity index (χ4v) is 10.3. The van der Waals surface area contributed by atoms with Crippen LogP contribution in [0.1, 0.15) is 43.0 Å². The molecule has 0 bridgehead atoms. The summed E-state index contributed by atoms with van der Waals surface area (Å²) in [5.74, 6) is -0.445. The van der Waals surface area contributed by atoms with Crippen molar-refractivity contribution < 1.29 is 27.8 Å². The van der Waals surface area contributed by atoms with Gasteiger partial charge in [-0.05, 0) is 107 Å². The molecule has 4 N–H and O–H groups in total. The van der Waals surface area contributed by atoms with Crippen LogP contribution < -0.4 is 0 Å². The Hall–Kier alpha value is -4.80. The number of benzene rings is 6. The molecule has 6 aromatic carbocycles. The van der Waals surface area contributed by atoms with Gasteiger partial charge < -0.3 is 0 Å². The zero-order valence-electron chi connectivity index (χ0n) is 26.0. The number of rotatable bonds is 3. The lowest BCUT2D eigenvalue weighted by Gasteiger charge is -2.38. The van der Waals surface area contributed by atoms with E-state index in [-0.39, 0.29) is 31.1 Å². The predicted octanol–water partition coefficient (Wildman–Crippen LogP) is 10.7. The van der Waals surface area contributed by atoms with E-state index >= 15 is 0 Å². The van der Waals surface area contributed by atoms with Gasteiger partial charge in [0, 0.05) is 22.3 Å². The Morgan fingerprint density at radius 1 is 0.375 bits per heavy atom. The van der Waals surface area contributed by atoms with Crippen LogP contribution in [0.15, 0.2) is 141 Å². The van der Waals surface area contributed by atoms with Crippen LogP contribution in [0.4, 0.5) is 0 Å². The first kappa shape index (κ1) is 30.5. The second kappa shape index (κ2) is 10.9. The van der Waals surface area contributed by atoms with Crippen LogP contribution in [0.25, 0.3) is 33.4 Å². The summed E-state index contributed by atoms with van der Waals surface area (Å²) in [7, 11) is -6.59. The number of hydrogen-bond acceptors (Lipinski definition) is 6. The number of fused-ring (bicyclic) bond motifs is 4. The summed E-state index contributed by atoms with van der Waals surface area (Å²) in [5, 5.41) is 0. The molecule has 48 heavy (non-hydrogen) atoms. The molecule has 0 saturated heterocycles. The topological polar surface area (TPSA) is 115 Å². The monoisotopic (exact) mass is 670 g/mol. The lowest BCUT2D eigenvalue weighted by atomic mass is 9.91. The van der Waals surface area contributed by atoms with E-state index < -0.39 is 21.2 Å². The van der Waals surface area contributed by atoms with Gasteiger partial charge in [0.15, 0.2) is 11.6 Å². The second-order valence-electron chi connectivity index (χ2n) is 12.2. The third-order valence-electron chi connectivity index (χ3n) is 9.35. The molecule has 0 aromatic heterocycles. The van der Waals surface area contributed by atoms with E-state index in [0.717, 1.165) is 44.5 Å². The Bertz CT molecular complexity index is 2210. The van der Waals surface area contributed by atoms with Crippen LogP contribution in [0, 0.1) is 13.8 Å². The minimum Gasteiger partial charge on any atom is -0.290 e. The van der Waals surface area contributed by atoms with Gasteiger partial charge in [-0.15, -0.1) is 21.2 Å². The van der Waals surface area contributed by atoms with Crippen LogP contribution in [-0.2, 0) is 0 Å². The van der Waals surface area contributed by atoms with E-state index in [9.17, 15) is 27.8 Å². The molecule has 2 heterocycles. The van der Waals surface area contributed by atoms with E-state index in [1.165, 1.54) is 0 Å². The minimum absolute atomic E-state index is 0.222. The molecule has 0 atom stereocenters. The van der Waals surface area contributed by atoms with E-state index in [4.69, 9.17) is 0 Å². The molecular formula is C40H30O6S2. The maximum atomic E-state index is 13.4. The first-order chi connectivity index (χ1) is 23.0. The summed E-state index contributed by atoms with van der Waals surface area (Å²) in [6, 6.07) is 36.1. The zero-order chi connectivity index (χ0) is 33.5. The third-order valence-corrected chi connectivity index (χ3v) is 13.2. The molecule has 6 nitrogen and oxygen atoms in total. The maximum Gasteiger partial charge on any atom is 0.196 e. The van der Waals surface area contributed by atoms with E-state index in [1.807, 2.05) is 50.2 Å². The van der Waals surface area contributed by atoms with Crippen molar-refractivity contribution in [3.05, 3.63) is 155 Å². The van der Waals surface area contributed by atoms with Gasteiger partial charge in [-0.2, -0.15) is 0 Å². The molecule has 0 fully saturated rings. The van der Waals surface area contributed by atoms with Gasteiger partial charge in [0.1, 0.15) is 0 Å². The molecule has 2 aliphatic heterocycles. The van der Waals surface area contributed by atoms with Gasteiger partial charge in [0.05, 0.1) is 19.6 Å². The molecule has 0 saturated carbocycles. The number of aryl methyl sites for hydroxylation is 2. The summed E-state index contributed by atoms with van der Waals surface area (Å²) in [6.07, 6.45) is 0. The quantitative estimate of drug-likeness (QED) is 0.149. The van der Waals surface area contributed by atoms with Gasteiger partial charge >= 0.3 is 0 Å². The summed E-state index contributed by atoms with van der Waals surface area (Å²) >= 11 is 0. The van der Waals surface area contributed by atoms with Crippen molar-refractivity contribution in [1.29, 1.82) is 0 Å². The van der Waals surface area contributed by atoms with Gasteiger partial charge in [0.25, 0.3) is 0 Å². The lowest BCUT2D eigenvalue weighted by Crippen LogP contribution is -2.18. The lowest BCUT2D eigenvalue weighted by molar-refractivity contribution is 0.102. The van der Waals surface area contributed by atoms with Gasteiger partial charge in [-0.3, -0.25) is 27.8 Å². The van der Waals surface area contributed by atoms with Crippen molar-refractivity contribution in [2.45, 2.75) is 33.4 Å². The molecule has 0 aliphatic carbocycles. The smallest absolute Gasteiger partial charge is 0.196 e. The van der Waals surface area contributed by atoms with Crippen LogP contribution >= 0.6 is 21.2 Å². The SMILES string of the molecule is Cc1cc(-c2ccc(-c3ccc4c(c3)C(=O)c3ccccc3S4(O)O)c(C)c2)ccc1-c1ccc2c(c1)C(=O)c1ccccc1S2(O)O. The third kappa shape index (κ3) is 4.53. The molecule has 2 aliphatic rings. The molecule has 8 rings (SSSR count). The van der Waals surface area contributed by atoms with Crippen molar-refractivity contribution in [1.82, 2.24) is 0 Å². The highest BCUT2D eigenvalue weighted by atomic mass is 32.3. The normalized spacial score (nSPS) is 16.6. The van der Waals surface area contributed by atoms with E-state index in [2.05, 4.69) is 12.1 Å². The largest absolute Gasteiger partial charge is 0.290 e. The van der Waals surface area contributed by atoms with Crippen LogP contribution in [0.2, 0.25) is 0 Å². The van der Waals surface area contributed by atoms with E-state index in [1.54, 1.807) is 72.8 Å². The average molecular weight is 671 g/mol. The Labute approximate surface area is 281 Å². The summed E-state index contributed by atoms with van der Waals surface area (Å²) < 4.78 is 44.2. The maximum absolute atomic E-state index is 13.4. The molecule has 0 unspecified atom stereocenters. The zero-order valence-corrected chi connectivity index (χ0v) is 27.6. The average Bonchev–Trinajstić information content (AvgIpc) is 3.09. The van der Waals surface area contributed by atoms with Gasteiger partial charge in [0.2, 0.25) is 0 Å². The fourth-order valence-electron chi connectivity index (χ4n) is 6.91. The van der Waals surface area contributed by atoms with Crippen molar-refractivity contribution in [2.24, 2.45) is 0 Å². The molecule has 0 radical (unpaired) electrons. The molecule has 0 amide bonds. The number of hydrogen-bond donors (Lipinski definition) is 4. The second-order valence-corrected chi connectivity index (χ2v) is 16.2. The van der Waals surface area contributed by atoms with E-state index in [0.29, 0.717) is 22.3 Å². The van der Waals surface area contributed by atoms with Crippen molar-refractivity contribution >= 4 is 32.7 Å². The first-order valence-corrected chi connectivity index (χ1v) is 18.4. The first-order valence-electron chi connectivity index (χ1n) is 15.3. The Balaban J connectivity index is 1.11. The van der Waals surface area contributed by atoms with Crippen molar-refractivity contribution in [3.63, 3.8) is 0 Å². The highest BCUT2D eigenvalue weighted by Gasteiger charge is 2.36. The molecule has 8 heteroatoms. The molecule has 0 spiro atoms. The Kier molecular flexibility index (Phi) is 6.91. The Morgan fingerprint density at radius 3 is 1.12 bits per heavy atom. The Morgan fingerprint density at radius 2 is 0.729 bits per heavy atom. The fraction of sp³-hybridized carbons (Fsp3) is 0.0500. The van der Waals surface area contributed by atoms with Crippen LogP contribution in [0.5, 0.6) is 0 Å². The van der Waals surface area contributed by atoms with Crippen molar-refractivity contribution in [3.8, 4) is 33.4 Å². The predicted molar refractivity (Wildman–Crippen MR) is 191 cm³/mol. The molecule has 6 aromatic rings.